The highest BCUT2D eigenvalue weighted by Crippen LogP contribution is 2.39. The molecule has 5 nitrogen and oxygen atoms in total. The number of hydrogen-bond donors (Lipinski definition) is 0. The van der Waals surface area contributed by atoms with Gasteiger partial charge in [-0.15, -0.1) is 0 Å². The van der Waals surface area contributed by atoms with E-state index in [9.17, 15) is 4.39 Å². The summed E-state index contributed by atoms with van der Waals surface area (Å²) < 4.78 is 19.4. The van der Waals surface area contributed by atoms with Crippen LogP contribution in [-0.4, -0.2) is 28.1 Å². The van der Waals surface area contributed by atoms with Gasteiger partial charge < -0.3 is 4.52 Å². The summed E-state index contributed by atoms with van der Waals surface area (Å²) in [5.41, 5.74) is 1.06. The maximum Gasteiger partial charge on any atom is 0.229 e. The van der Waals surface area contributed by atoms with Crippen LogP contribution in [0.25, 0.3) is 0 Å². The smallest absolute Gasteiger partial charge is 0.229 e. The number of nitrogens with zero attached hydrogens (tertiary/aromatic N) is 4. The van der Waals surface area contributed by atoms with Crippen LogP contribution in [0.3, 0.4) is 0 Å². The summed E-state index contributed by atoms with van der Waals surface area (Å²) in [6, 6.07) is 6.59. The molecule has 6 heteroatoms. The van der Waals surface area contributed by atoms with Crippen molar-refractivity contribution in [2.75, 3.05) is 13.1 Å². The molecule has 2 aliphatic rings. The number of piperidine rings is 1. The van der Waals surface area contributed by atoms with Gasteiger partial charge in [0.2, 0.25) is 5.89 Å². The number of likely N-dealkylation sites (tertiary alicyclic amines) is 1. The Balaban J connectivity index is 1.45. The van der Waals surface area contributed by atoms with Gasteiger partial charge in [-0.05, 0) is 50.4 Å². The lowest BCUT2D eigenvalue weighted by molar-refractivity contribution is 0.192. The van der Waals surface area contributed by atoms with Gasteiger partial charge in [0.1, 0.15) is 5.82 Å². The third-order valence-electron chi connectivity index (χ3n) is 4.82. The molecule has 0 bridgehead atoms. The summed E-state index contributed by atoms with van der Waals surface area (Å²) in [6.45, 7) is 2.21. The third-order valence-corrected chi connectivity index (χ3v) is 4.82. The van der Waals surface area contributed by atoms with Gasteiger partial charge in [-0.25, -0.2) is 4.39 Å². The average Bonchev–Trinajstić information content (AvgIpc) is 3.34. The molecular formula is C18H19FN4O. The molecule has 1 aromatic heterocycles. The predicted octanol–water partition coefficient (Wildman–Crippen LogP) is 3.34. The molecule has 1 aliphatic heterocycles. The van der Waals surface area contributed by atoms with Crippen LogP contribution in [0.15, 0.2) is 22.7 Å². The van der Waals surface area contributed by atoms with Crippen LogP contribution in [0.1, 0.15) is 60.4 Å². The minimum atomic E-state index is -0.258. The highest BCUT2D eigenvalue weighted by atomic mass is 19.1. The van der Waals surface area contributed by atoms with Gasteiger partial charge in [0.05, 0.1) is 11.6 Å². The molecule has 124 valence electrons. The van der Waals surface area contributed by atoms with Gasteiger partial charge in [-0.3, -0.25) is 4.90 Å². The van der Waals surface area contributed by atoms with Crippen LogP contribution in [0.4, 0.5) is 4.39 Å². The Hall–Kier alpha value is -2.26. The molecule has 1 aliphatic carbocycles. The van der Waals surface area contributed by atoms with Crippen LogP contribution in [0.2, 0.25) is 0 Å². The minimum Gasteiger partial charge on any atom is -0.339 e. The molecule has 4 rings (SSSR count). The Kier molecular flexibility index (Phi) is 4.03. The quantitative estimate of drug-likeness (QED) is 0.862. The Labute approximate surface area is 140 Å². The molecule has 1 saturated heterocycles. The maximum atomic E-state index is 14.0. The van der Waals surface area contributed by atoms with E-state index in [-0.39, 0.29) is 11.7 Å². The standard InChI is InChI=1S/C18H19FN4O/c19-16-6-3-12(9-20)8-15(16)11-23-7-1-2-14(10-23)17-21-18(24-22-17)13-4-5-13/h3,6,8,13-14H,1-2,4-5,7,10-11H2/t14-/m0/s1. The number of rotatable bonds is 4. The first-order valence-electron chi connectivity index (χ1n) is 8.47. The summed E-state index contributed by atoms with van der Waals surface area (Å²) >= 11 is 0. The molecule has 1 aromatic carbocycles. The van der Waals surface area contributed by atoms with Gasteiger partial charge in [-0.2, -0.15) is 10.2 Å². The molecule has 0 N–H and O–H groups in total. The van der Waals surface area contributed by atoms with Crippen molar-refractivity contribution in [1.82, 2.24) is 15.0 Å². The summed E-state index contributed by atoms with van der Waals surface area (Å²) in [5, 5.41) is 13.1. The van der Waals surface area contributed by atoms with Crippen molar-refractivity contribution in [2.24, 2.45) is 0 Å². The van der Waals surface area contributed by atoms with Crippen molar-refractivity contribution in [3.05, 3.63) is 46.9 Å². The van der Waals surface area contributed by atoms with Crippen LogP contribution < -0.4 is 0 Å². The molecule has 24 heavy (non-hydrogen) atoms. The predicted molar refractivity (Wildman–Crippen MR) is 84.6 cm³/mol. The molecule has 2 fully saturated rings. The van der Waals surface area contributed by atoms with Crippen molar-refractivity contribution in [1.29, 1.82) is 5.26 Å². The molecule has 2 heterocycles. The second-order valence-corrected chi connectivity index (χ2v) is 6.76. The number of hydrogen-bond acceptors (Lipinski definition) is 5. The van der Waals surface area contributed by atoms with E-state index in [2.05, 4.69) is 21.1 Å². The minimum absolute atomic E-state index is 0.234. The topological polar surface area (TPSA) is 66.0 Å². The van der Waals surface area contributed by atoms with Gasteiger partial charge in [0.25, 0.3) is 0 Å². The lowest BCUT2D eigenvalue weighted by Crippen LogP contribution is -2.34. The molecule has 1 saturated carbocycles. The Morgan fingerprint density at radius 2 is 2.17 bits per heavy atom. The zero-order chi connectivity index (χ0) is 16.5. The zero-order valence-electron chi connectivity index (χ0n) is 13.4. The first-order chi connectivity index (χ1) is 11.7. The van der Waals surface area contributed by atoms with E-state index in [4.69, 9.17) is 9.78 Å². The normalized spacial score (nSPS) is 21.6. The Morgan fingerprint density at radius 3 is 2.96 bits per heavy atom. The summed E-state index contributed by atoms with van der Waals surface area (Å²) in [5.74, 6) is 2.00. The van der Waals surface area contributed by atoms with E-state index in [1.165, 1.54) is 12.1 Å². The van der Waals surface area contributed by atoms with E-state index >= 15 is 0 Å². The molecule has 0 unspecified atom stereocenters. The van der Waals surface area contributed by atoms with E-state index in [1.807, 2.05) is 0 Å². The van der Waals surface area contributed by atoms with Gasteiger partial charge in [0.15, 0.2) is 5.82 Å². The highest BCUT2D eigenvalue weighted by Gasteiger charge is 2.32. The second kappa shape index (κ2) is 6.33. The van der Waals surface area contributed by atoms with Gasteiger partial charge in [0, 0.05) is 30.5 Å². The van der Waals surface area contributed by atoms with Crippen LogP contribution in [-0.2, 0) is 6.54 Å². The van der Waals surface area contributed by atoms with Crippen molar-refractivity contribution >= 4 is 0 Å². The lowest BCUT2D eigenvalue weighted by atomic mass is 9.96. The van der Waals surface area contributed by atoms with Gasteiger partial charge >= 0.3 is 0 Å². The van der Waals surface area contributed by atoms with Crippen molar-refractivity contribution in [2.45, 2.75) is 44.1 Å². The Bertz CT molecular complexity index is 778. The van der Waals surface area contributed by atoms with E-state index < -0.39 is 0 Å². The van der Waals surface area contributed by atoms with E-state index in [0.717, 1.165) is 50.5 Å². The third kappa shape index (κ3) is 3.17. The van der Waals surface area contributed by atoms with Crippen LogP contribution >= 0.6 is 0 Å². The van der Waals surface area contributed by atoms with Gasteiger partial charge in [-0.1, -0.05) is 5.16 Å². The summed E-state index contributed by atoms with van der Waals surface area (Å²) in [6.07, 6.45) is 4.35. The zero-order valence-corrected chi connectivity index (χ0v) is 13.4. The molecule has 2 aromatic rings. The van der Waals surface area contributed by atoms with Crippen LogP contribution in [0, 0.1) is 17.1 Å². The number of nitriles is 1. The van der Waals surface area contributed by atoms with Crippen LogP contribution in [0.5, 0.6) is 0 Å². The number of benzene rings is 1. The SMILES string of the molecule is N#Cc1ccc(F)c(CN2CCC[C@H](c3noc(C4CC4)n3)C2)c1. The number of halogens is 1. The summed E-state index contributed by atoms with van der Waals surface area (Å²) in [4.78, 5) is 6.77. The average molecular weight is 326 g/mol. The molecule has 1 atom stereocenters. The fourth-order valence-corrected chi connectivity index (χ4v) is 3.33. The maximum absolute atomic E-state index is 14.0. The Morgan fingerprint density at radius 1 is 1.29 bits per heavy atom. The van der Waals surface area contributed by atoms with E-state index in [0.29, 0.717) is 23.6 Å². The number of aromatic nitrogens is 2. The molecule has 0 spiro atoms. The van der Waals surface area contributed by atoms with Crippen molar-refractivity contribution < 1.29 is 8.91 Å². The summed E-state index contributed by atoms with van der Waals surface area (Å²) in [7, 11) is 0. The second-order valence-electron chi connectivity index (χ2n) is 6.76. The lowest BCUT2D eigenvalue weighted by Gasteiger charge is -2.31. The monoisotopic (exact) mass is 326 g/mol. The fraction of sp³-hybridized carbons (Fsp3) is 0.500. The first-order valence-corrected chi connectivity index (χ1v) is 8.47. The molecule has 0 amide bonds. The van der Waals surface area contributed by atoms with Crippen molar-refractivity contribution in [3.8, 4) is 6.07 Å². The molecule has 0 radical (unpaired) electrons. The first kappa shape index (κ1) is 15.3. The van der Waals surface area contributed by atoms with E-state index in [1.54, 1.807) is 6.07 Å². The fourth-order valence-electron chi connectivity index (χ4n) is 3.33. The molecular weight excluding hydrogens is 307 g/mol. The largest absolute Gasteiger partial charge is 0.339 e. The van der Waals surface area contributed by atoms with Crippen molar-refractivity contribution in [3.63, 3.8) is 0 Å². The highest BCUT2D eigenvalue weighted by molar-refractivity contribution is 5.33.